The van der Waals surface area contributed by atoms with Gasteiger partial charge in [-0.15, -0.1) is 0 Å². The molecule has 6 heteroatoms. The number of hydrogen-bond acceptors (Lipinski definition) is 6. The number of hydrogen-bond donors (Lipinski definition) is 2. The third-order valence-corrected chi connectivity index (χ3v) is 5.87. The molecule has 1 aliphatic heterocycles. The van der Waals surface area contributed by atoms with Gasteiger partial charge in [-0.05, 0) is 42.2 Å². The van der Waals surface area contributed by atoms with E-state index in [2.05, 4.69) is 39.6 Å². The SMILES string of the molecule is Cc1oc2ncncc2c1/C=C/C1NCCc2cc(OCc3ccccc3)c(CO)cc21. The van der Waals surface area contributed by atoms with Crippen molar-refractivity contribution in [2.45, 2.75) is 32.6 Å². The summed E-state index contributed by atoms with van der Waals surface area (Å²) in [5, 5.41) is 14.5. The van der Waals surface area contributed by atoms with Crippen LogP contribution in [-0.2, 0) is 19.6 Å². The minimum absolute atomic E-state index is 0.0289. The molecule has 0 fully saturated rings. The van der Waals surface area contributed by atoms with E-state index >= 15 is 0 Å². The summed E-state index contributed by atoms with van der Waals surface area (Å²) in [6, 6.07) is 14.2. The van der Waals surface area contributed by atoms with E-state index in [0.29, 0.717) is 12.3 Å². The number of ether oxygens (including phenoxy) is 1. The van der Waals surface area contributed by atoms with E-state index in [1.165, 1.54) is 11.9 Å². The number of nitrogens with one attached hydrogen (secondary N) is 1. The number of aliphatic hydroxyl groups is 1. The van der Waals surface area contributed by atoms with Gasteiger partial charge in [0.2, 0.25) is 5.71 Å². The van der Waals surface area contributed by atoms with Gasteiger partial charge >= 0.3 is 0 Å². The standard InChI is InChI=1S/C26H25N3O3/c1-17-21(23-13-27-16-29-26(23)32-17)7-8-24-22-11-20(14-30)25(12-19(22)9-10-28-24)31-15-18-5-3-2-4-6-18/h2-8,11-13,16,24,28,30H,9-10,14-15H2,1H3/b8-7+. The number of benzene rings is 2. The molecule has 0 bridgehead atoms. The van der Waals surface area contributed by atoms with Crippen LogP contribution in [0.2, 0.25) is 0 Å². The van der Waals surface area contributed by atoms with Gasteiger partial charge in [0.05, 0.1) is 18.0 Å². The first-order valence-electron chi connectivity index (χ1n) is 10.8. The van der Waals surface area contributed by atoms with Crippen molar-refractivity contribution in [1.29, 1.82) is 0 Å². The topological polar surface area (TPSA) is 80.4 Å². The second-order valence-electron chi connectivity index (χ2n) is 7.95. The monoisotopic (exact) mass is 427 g/mol. The summed E-state index contributed by atoms with van der Waals surface area (Å²) in [6.45, 7) is 3.20. The molecule has 6 nitrogen and oxygen atoms in total. The van der Waals surface area contributed by atoms with Crippen molar-refractivity contribution < 1.29 is 14.3 Å². The van der Waals surface area contributed by atoms with Gasteiger partial charge in [-0.1, -0.05) is 42.5 Å². The van der Waals surface area contributed by atoms with Gasteiger partial charge in [-0.3, -0.25) is 0 Å². The minimum Gasteiger partial charge on any atom is -0.489 e. The summed E-state index contributed by atoms with van der Waals surface area (Å²) in [6.07, 6.45) is 8.38. The lowest BCUT2D eigenvalue weighted by atomic mass is 9.91. The molecule has 32 heavy (non-hydrogen) atoms. The summed E-state index contributed by atoms with van der Waals surface area (Å²) in [4.78, 5) is 8.32. The van der Waals surface area contributed by atoms with Crippen LogP contribution in [0.25, 0.3) is 17.2 Å². The molecule has 2 aromatic carbocycles. The fourth-order valence-corrected chi connectivity index (χ4v) is 4.20. The van der Waals surface area contributed by atoms with Gasteiger partial charge in [0.1, 0.15) is 24.4 Å². The van der Waals surface area contributed by atoms with Crippen molar-refractivity contribution in [1.82, 2.24) is 15.3 Å². The highest BCUT2D eigenvalue weighted by molar-refractivity contribution is 5.85. The van der Waals surface area contributed by atoms with Gasteiger partial charge in [0.25, 0.3) is 0 Å². The van der Waals surface area contributed by atoms with Crippen LogP contribution < -0.4 is 10.1 Å². The van der Waals surface area contributed by atoms with Gasteiger partial charge in [-0.2, -0.15) is 0 Å². The molecular weight excluding hydrogens is 402 g/mol. The molecule has 0 saturated heterocycles. The highest BCUT2D eigenvalue weighted by Crippen LogP contribution is 2.33. The molecule has 162 valence electrons. The first-order valence-corrected chi connectivity index (χ1v) is 10.8. The molecule has 3 heterocycles. The lowest BCUT2D eigenvalue weighted by Gasteiger charge is -2.26. The Bertz CT molecular complexity index is 1260. The number of furan rings is 1. The zero-order valence-corrected chi connectivity index (χ0v) is 17.9. The lowest BCUT2D eigenvalue weighted by molar-refractivity contribution is 0.258. The predicted octanol–water partition coefficient (Wildman–Crippen LogP) is 4.50. The normalized spacial score (nSPS) is 15.9. The van der Waals surface area contributed by atoms with Crippen LogP contribution in [0.4, 0.5) is 0 Å². The second kappa shape index (κ2) is 8.94. The Hall–Kier alpha value is -3.48. The molecule has 2 N–H and O–H groups in total. The minimum atomic E-state index is -0.0728. The van der Waals surface area contributed by atoms with E-state index in [1.54, 1.807) is 6.20 Å². The number of fused-ring (bicyclic) bond motifs is 2. The molecule has 0 aliphatic carbocycles. The van der Waals surface area contributed by atoms with Crippen LogP contribution in [0.3, 0.4) is 0 Å². The van der Waals surface area contributed by atoms with Crippen LogP contribution >= 0.6 is 0 Å². The Labute approximate surface area is 186 Å². The first kappa shape index (κ1) is 20.4. The highest BCUT2D eigenvalue weighted by atomic mass is 16.5. The summed E-state index contributed by atoms with van der Waals surface area (Å²) < 4.78 is 11.8. The number of rotatable bonds is 6. The fourth-order valence-electron chi connectivity index (χ4n) is 4.20. The zero-order chi connectivity index (χ0) is 21.9. The molecule has 0 radical (unpaired) electrons. The van der Waals surface area contributed by atoms with E-state index in [0.717, 1.165) is 52.1 Å². The average Bonchev–Trinajstić information content (AvgIpc) is 3.16. The molecule has 2 aromatic heterocycles. The summed E-state index contributed by atoms with van der Waals surface area (Å²) in [5.41, 5.74) is 5.86. The van der Waals surface area contributed by atoms with E-state index in [-0.39, 0.29) is 12.6 Å². The van der Waals surface area contributed by atoms with Crippen molar-refractivity contribution >= 4 is 17.2 Å². The van der Waals surface area contributed by atoms with E-state index in [1.807, 2.05) is 37.3 Å². The summed E-state index contributed by atoms with van der Waals surface area (Å²) >= 11 is 0. The van der Waals surface area contributed by atoms with E-state index in [4.69, 9.17) is 9.15 Å². The first-order chi connectivity index (χ1) is 15.7. The zero-order valence-electron chi connectivity index (χ0n) is 17.9. The Morgan fingerprint density at radius 1 is 1.25 bits per heavy atom. The van der Waals surface area contributed by atoms with E-state index < -0.39 is 0 Å². The third-order valence-electron chi connectivity index (χ3n) is 5.87. The van der Waals surface area contributed by atoms with Gasteiger partial charge in [0, 0.05) is 23.9 Å². The van der Waals surface area contributed by atoms with Crippen LogP contribution in [0.1, 0.15) is 39.6 Å². The summed E-state index contributed by atoms with van der Waals surface area (Å²) in [5.74, 6) is 1.56. The summed E-state index contributed by atoms with van der Waals surface area (Å²) in [7, 11) is 0. The van der Waals surface area contributed by atoms with Gasteiger partial charge in [-0.25, -0.2) is 9.97 Å². The number of aliphatic hydroxyl groups excluding tert-OH is 1. The van der Waals surface area contributed by atoms with Crippen molar-refractivity contribution in [3.8, 4) is 5.75 Å². The molecule has 1 aliphatic rings. The largest absolute Gasteiger partial charge is 0.489 e. The molecule has 4 aromatic rings. The fraction of sp³-hybridized carbons (Fsp3) is 0.231. The molecule has 0 saturated carbocycles. The smallest absolute Gasteiger partial charge is 0.229 e. The number of aryl methyl sites for hydroxylation is 1. The number of nitrogens with zero attached hydrogens (tertiary/aromatic N) is 2. The molecule has 5 rings (SSSR count). The Morgan fingerprint density at radius 3 is 2.97 bits per heavy atom. The Morgan fingerprint density at radius 2 is 2.12 bits per heavy atom. The molecule has 1 atom stereocenters. The Balaban J connectivity index is 1.42. The van der Waals surface area contributed by atoms with Gasteiger partial charge in [0.15, 0.2) is 0 Å². The Kier molecular flexibility index (Phi) is 5.71. The number of aromatic nitrogens is 2. The maximum Gasteiger partial charge on any atom is 0.229 e. The molecular formula is C26H25N3O3. The van der Waals surface area contributed by atoms with Crippen molar-refractivity contribution in [2.75, 3.05) is 6.54 Å². The van der Waals surface area contributed by atoms with E-state index in [9.17, 15) is 5.11 Å². The molecule has 0 amide bonds. The molecule has 1 unspecified atom stereocenters. The predicted molar refractivity (Wildman–Crippen MR) is 123 cm³/mol. The average molecular weight is 428 g/mol. The lowest BCUT2D eigenvalue weighted by Crippen LogP contribution is -2.28. The third kappa shape index (κ3) is 4.02. The second-order valence-corrected chi connectivity index (χ2v) is 7.95. The van der Waals surface area contributed by atoms with Crippen LogP contribution in [0.15, 0.2) is 65.5 Å². The van der Waals surface area contributed by atoms with Gasteiger partial charge < -0.3 is 19.6 Å². The van der Waals surface area contributed by atoms with Crippen LogP contribution in [0, 0.1) is 6.92 Å². The maximum absolute atomic E-state index is 9.99. The van der Waals surface area contributed by atoms with Crippen molar-refractivity contribution in [3.63, 3.8) is 0 Å². The highest BCUT2D eigenvalue weighted by Gasteiger charge is 2.21. The van der Waals surface area contributed by atoms with Crippen LogP contribution in [0.5, 0.6) is 5.75 Å². The maximum atomic E-state index is 9.99. The quantitative estimate of drug-likeness (QED) is 0.472. The molecule has 0 spiro atoms. The van der Waals surface area contributed by atoms with Crippen LogP contribution in [-0.4, -0.2) is 21.6 Å². The van der Waals surface area contributed by atoms with Crippen molar-refractivity contribution in [3.05, 3.63) is 94.6 Å². The van der Waals surface area contributed by atoms with Crippen molar-refractivity contribution in [2.24, 2.45) is 0 Å².